The van der Waals surface area contributed by atoms with E-state index in [1.54, 1.807) is 44.2 Å². The molecular formula is C24H23ClN2O5S. The average Bonchev–Trinajstić information content (AvgIpc) is 2.76. The van der Waals surface area contributed by atoms with Gasteiger partial charge in [0, 0.05) is 11.3 Å². The SMILES string of the molecule is CCOC(=O)c1ccc(NC(=O)c2ccc(C)c(S(=O)(=O)Nc3ccc(C)cc3)c2)c(Cl)c1. The van der Waals surface area contributed by atoms with Crippen LogP contribution in [0.5, 0.6) is 0 Å². The highest BCUT2D eigenvalue weighted by atomic mass is 35.5. The van der Waals surface area contributed by atoms with Gasteiger partial charge in [-0.25, -0.2) is 13.2 Å². The summed E-state index contributed by atoms with van der Waals surface area (Å²) < 4.78 is 33.3. The molecule has 2 N–H and O–H groups in total. The topological polar surface area (TPSA) is 102 Å². The fraction of sp³-hybridized carbons (Fsp3) is 0.167. The van der Waals surface area contributed by atoms with E-state index in [1.165, 1.54) is 30.3 Å². The Kier molecular flexibility index (Phi) is 7.40. The Bertz CT molecular complexity index is 1300. The van der Waals surface area contributed by atoms with Gasteiger partial charge in [0.2, 0.25) is 0 Å². The van der Waals surface area contributed by atoms with Gasteiger partial charge in [-0.3, -0.25) is 9.52 Å². The number of hydrogen-bond acceptors (Lipinski definition) is 5. The summed E-state index contributed by atoms with van der Waals surface area (Å²) in [5, 5.41) is 2.79. The molecule has 0 heterocycles. The standard InChI is InChI=1S/C24H23ClN2O5S/c1-4-32-24(29)18-9-12-21(20(25)13-18)26-23(28)17-8-7-16(3)22(14-17)33(30,31)27-19-10-5-15(2)6-11-19/h5-14,27H,4H2,1-3H3,(H,26,28). The maximum Gasteiger partial charge on any atom is 0.338 e. The normalized spacial score (nSPS) is 11.0. The fourth-order valence-electron chi connectivity index (χ4n) is 3.01. The number of nitrogens with one attached hydrogen (secondary N) is 2. The molecule has 0 saturated carbocycles. The Morgan fingerprint density at radius 2 is 1.61 bits per heavy atom. The van der Waals surface area contributed by atoms with E-state index in [0.717, 1.165) is 5.56 Å². The highest BCUT2D eigenvalue weighted by Gasteiger charge is 2.20. The lowest BCUT2D eigenvalue weighted by molar-refractivity contribution is 0.0526. The molecule has 0 unspecified atom stereocenters. The number of aryl methyl sites for hydroxylation is 2. The quantitative estimate of drug-likeness (QED) is 0.448. The first-order valence-corrected chi connectivity index (χ1v) is 11.9. The molecule has 0 aliphatic carbocycles. The zero-order valence-electron chi connectivity index (χ0n) is 18.3. The van der Waals surface area contributed by atoms with Gasteiger partial charge in [-0.1, -0.05) is 35.4 Å². The second-order valence-electron chi connectivity index (χ2n) is 7.32. The van der Waals surface area contributed by atoms with Crippen LogP contribution in [0.1, 0.15) is 38.8 Å². The maximum absolute atomic E-state index is 12.9. The predicted molar refractivity (Wildman–Crippen MR) is 129 cm³/mol. The van der Waals surface area contributed by atoms with Gasteiger partial charge in [0.25, 0.3) is 15.9 Å². The van der Waals surface area contributed by atoms with E-state index in [1.807, 2.05) is 6.92 Å². The van der Waals surface area contributed by atoms with Crippen LogP contribution in [0.15, 0.2) is 65.6 Å². The van der Waals surface area contributed by atoms with E-state index < -0.39 is 21.9 Å². The molecule has 33 heavy (non-hydrogen) atoms. The predicted octanol–water partition coefficient (Wildman–Crippen LogP) is 5.19. The lowest BCUT2D eigenvalue weighted by Crippen LogP contribution is -2.17. The summed E-state index contributed by atoms with van der Waals surface area (Å²) in [6.45, 7) is 5.48. The first-order chi connectivity index (χ1) is 15.6. The third-order valence-corrected chi connectivity index (χ3v) is 6.61. The van der Waals surface area contributed by atoms with E-state index in [0.29, 0.717) is 11.3 Å². The van der Waals surface area contributed by atoms with E-state index in [4.69, 9.17) is 16.3 Å². The van der Waals surface area contributed by atoms with Crippen molar-refractivity contribution in [3.8, 4) is 0 Å². The van der Waals surface area contributed by atoms with Crippen molar-refractivity contribution in [2.24, 2.45) is 0 Å². The molecule has 3 aromatic carbocycles. The minimum atomic E-state index is -3.92. The summed E-state index contributed by atoms with van der Waals surface area (Å²) in [7, 11) is -3.92. The molecule has 0 fully saturated rings. The van der Waals surface area contributed by atoms with Crippen molar-refractivity contribution in [1.29, 1.82) is 0 Å². The fourth-order valence-corrected chi connectivity index (χ4v) is 4.57. The minimum Gasteiger partial charge on any atom is -0.462 e. The van der Waals surface area contributed by atoms with Crippen molar-refractivity contribution in [3.63, 3.8) is 0 Å². The second kappa shape index (κ2) is 10.1. The number of rotatable bonds is 7. The summed E-state index contributed by atoms with van der Waals surface area (Å²) in [6, 6.07) is 15.7. The molecule has 0 aliphatic heterocycles. The zero-order valence-corrected chi connectivity index (χ0v) is 19.9. The van der Waals surface area contributed by atoms with Crippen molar-refractivity contribution >= 4 is 44.9 Å². The molecule has 0 spiro atoms. The molecule has 0 bridgehead atoms. The Labute approximate surface area is 197 Å². The molecule has 9 heteroatoms. The van der Waals surface area contributed by atoms with E-state index in [2.05, 4.69) is 10.0 Å². The van der Waals surface area contributed by atoms with E-state index >= 15 is 0 Å². The van der Waals surface area contributed by atoms with Crippen LogP contribution in [0.2, 0.25) is 5.02 Å². The van der Waals surface area contributed by atoms with Gasteiger partial charge in [-0.05, 0) is 68.8 Å². The summed E-state index contributed by atoms with van der Waals surface area (Å²) in [5.74, 6) is -1.07. The molecule has 3 rings (SSSR count). The largest absolute Gasteiger partial charge is 0.462 e. The summed E-state index contributed by atoms with van der Waals surface area (Å²) in [5.41, 5.74) is 2.58. The maximum atomic E-state index is 12.9. The Balaban J connectivity index is 1.83. The van der Waals surface area contributed by atoms with Gasteiger partial charge in [0.1, 0.15) is 0 Å². The number of anilines is 2. The number of benzene rings is 3. The summed E-state index contributed by atoms with van der Waals surface area (Å²) in [4.78, 5) is 24.6. The van der Waals surface area contributed by atoms with Crippen LogP contribution in [0, 0.1) is 13.8 Å². The van der Waals surface area contributed by atoms with E-state index in [-0.39, 0.29) is 33.3 Å². The van der Waals surface area contributed by atoms with Crippen molar-refractivity contribution in [1.82, 2.24) is 0 Å². The Morgan fingerprint density at radius 3 is 2.24 bits per heavy atom. The van der Waals surface area contributed by atoms with Gasteiger partial charge in [0.05, 0.1) is 27.8 Å². The number of sulfonamides is 1. The van der Waals surface area contributed by atoms with Crippen molar-refractivity contribution in [3.05, 3.63) is 87.9 Å². The van der Waals surface area contributed by atoms with Gasteiger partial charge in [-0.2, -0.15) is 0 Å². The molecule has 7 nitrogen and oxygen atoms in total. The second-order valence-corrected chi connectivity index (χ2v) is 9.38. The van der Waals surface area contributed by atoms with Crippen LogP contribution in [0.4, 0.5) is 11.4 Å². The van der Waals surface area contributed by atoms with Crippen LogP contribution < -0.4 is 10.0 Å². The van der Waals surface area contributed by atoms with Gasteiger partial charge in [-0.15, -0.1) is 0 Å². The number of hydrogen-bond donors (Lipinski definition) is 2. The molecule has 1 amide bonds. The first kappa shape index (κ1) is 24.3. The van der Waals surface area contributed by atoms with Crippen molar-refractivity contribution in [2.45, 2.75) is 25.7 Å². The third-order valence-electron chi connectivity index (χ3n) is 4.77. The molecule has 0 atom stereocenters. The minimum absolute atomic E-state index is 0.0144. The highest BCUT2D eigenvalue weighted by Crippen LogP contribution is 2.26. The van der Waals surface area contributed by atoms with Crippen molar-refractivity contribution < 1.29 is 22.7 Å². The lowest BCUT2D eigenvalue weighted by atomic mass is 10.1. The van der Waals surface area contributed by atoms with Crippen LogP contribution >= 0.6 is 11.6 Å². The summed E-state index contributed by atoms with van der Waals surface area (Å²) >= 11 is 6.21. The summed E-state index contributed by atoms with van der Waals surface area (Å²) in [6.07, 6.45) is 0. The molecule has 0 aromatic heterocycles. The lowest BCUT2D eigenvalue weighted by Gasteiger charge is -2.13. The van der Waals surface area contributed by atoms with Crippen LogP contribution in [0.25, 0.3) is 0 Å². The number of amides is 1. The monoisotopic (exact) mass is 486 g/mol. The number of esters is 1. The molecular weight excluding hydrogens is 464 g/mol. The van der Waals surface area contributed by atoms with Crippen LogP contribution in [0.3, 0.4) is 0 Å². The van der Waals surface area contributed by atoms with Crippen molar-refractivity contribution in [2.75, 3.05) is 16.6 Å². The average molecular weight is 487 g/mol. The van der Waals surface area contributed by atoms with Gasteiger partial charge < -0.3 is 10.1 Å². The number of carbonyl (C=O) groups excluding carboxylic acids is 2. The van der Waals surface area contributed by atoms with Crippen LogP contribution in [-0.4, -0.2) is 26.9 Å². The highest BCUT2D eigenvalue weighted by molar-refractivity contribution is 7.92. The molecule has 172 valence electrons. The zero-order chi connectivity index (χ0) is 24.2. The number of ether oxygens (including phenoxy) is 1. The number of halogens is 1. The van der Waals surface area contributed by atoms with Gasteiger partial charge >= 0.3 is 5.97 Å². The van der Waals surface area contributed by atoms with E-state index in [9.17, 15) is 18.0 Å². The van der Waals surface area contributed by atoms with Gasteiger partial charge in [0.15, 0.2) is 0 Å². The van der Waals surface area contributed by atoms with Crippen LogP contribution in [-0.2, 0) is 14.8 Å². The first-order valence-electron chi connectivity index (χ1n) is 10.1. The molecule has 0 saturated heterocycles. The molecule has 0 aliphatic rings. The Morgan fingerprint density at radius 1 is 0.939 bits per heavy atom. The Hall–Kier alpha value is -3.36. The molecule has 0 radical (unpaired) electrons. The molecule has 3 aromatic rings. The third kappa shape index (κ3) is 5.91. The number of carbonyl (C=O) groups is 2. The smallest absolute Gasteiger partial charge is 0.338 e.